The lowest BCUT2D eigenvalue weighted by Crippen LogP contribution is -2.33. The van der Waals surface area contributed by atoms with Gasteiger partial charge in [0.1, 0.15) is 5.70 Å². The van der Waals surface area contributed by atoms with E-state index in [1.807, 2.05) is 12.1 Å². The SMILES string of the molecule is CNC(=O)C(=Cc1ccc(Br)cc1)NC(=O)c1ccc([N+](=O)[O-])cc1. The summed E-state index contributed by atoms with van der Waals surface area (Å²) in [7, 11) is 1.45. The number of hydrogen-bond donors (Lipinski definition) is 2. The van der Waals surface area contributed by atoms with Crippen LogP contribution in [0.15, 0.2) is 58.7 Å². The van der Waals surface area contributed by atoms with E-state index in [4.69, 9.17) is 0 Å². The number of likely N-dealkylation sites (N-methyl/N-ethyl adjacent to an activating group) is 1. The van der Waals surface area contributed by atoms with Gasteiger partial charge in [0.05, 0.1) is 4.92 Å². The monoisotopic (exact) mass is 403 g/mol. The first-order chi connectivity index (χ1) is 11.9. The topological polar surface area (TPSA) is 101 Å². The lowest BCUT2D eigenvalue weighted by molar-refractivity contribution is -0.384. The molecule has 0 fully saturated rings. The van der Waals surface area contributed by atoms with E-state index in [2.05, 4.69) is 26.6 Å². The van der Waals surface area contributed by atoms with Gasteiger partial charge in [0.15, 0.2) is 0 Å². The zero-order valence-electron chi connectivity index (χ0n) is 13.2. The number of benzene rings is 2. The Labute approximate surface area is 152 Å². The minimum absolute atomic E-state index is 0.0631. The van der Waals surface area contributed by atoms with Crippen LogP contribution in [0, 0.1) is 10.1 Å². The predicted molar refractivity (Wildman–Crippen MR) is 96.7 cm³/mol. The summed E-state index contributed by atoms with van der Waals surface area (Å²) in [6.45, 7) is 0. The second-order valence-corrected chi connectivity index (χ2v) is 5.86. The number of nitro groups is 1. The van der Waals surface area contributed by atoms with E-state index in [0.717, 1.165) is 10.0 Å². The van der Waals surface area contributed by atoms with Gasteiger partial charge < -0.3 is 10.6 Å². The van der Waals surface area contributed by atoms with Crippen LogP contribution < -0.4 is 10.6 Å². The molecule has 0 spiro atoms. The molecular formula is C17H14BrN3O4. The van der Waals surface area contributed by atoms with Gasteiger partial charge in [-0.05, 0) is 35.9 Å². The first-order valence-electron chi connectivity index (χ1n) is 7.16. The van der Waals surface area contributed by atoms with Crippen LogP contribution in [0.1, 0.15) is 15.9 Å². The van der Waals surface area contributed by atoms with E-state index in [9.17, 15) is 19.7 Å². The molecule has 0 saturated carbocycles. The van der Waals surface area contributed by atoms with Crippen LogP contribution in [0.5, 0.6) is 0 Å². The molecule has 128 valence electrons. The minimum atomic E-state index is -0.551. The number of non-ortho nitro benzene ring substituents is 1. The third-order valence-electron chi connectivity index (χ3n) is 3.24. The van der Waals surface area contributed by atoms with Gasteiger partial charge >= 0.3 is 0 Å². The Morgan fingerprint density at radius 1 is 1.08 bits per heavy atom. The molecule has 2 rings (SSSR count). The molecule has 0 saturated heterocycles. The van der Waals surface area contributed by atoms with Crippen molar-refractivity contribution in [3.05, 3.63) is 79.9 Å². The maximum absolute atomic E-state index is 12.3. The van der Waals surface area contributed by atoms with Crippen molar-refractivity contribution in [2.45, 2.75) is 0 Å². The number of carbonyl (C=O) groups is 2. The fourth-order valence-corrected chi connectivity index (χ4v) is 2.21. The Morgan fingerprint density at radius 3 is 2.20 bits per heavy atom. The summed E-state index contributed by atoms with van der Waals surface area (Å²) < 4.78 is 0.890. The Hall–Kier alpha value is -3.00. The third kappa shape index (κ3) is 4.98. The summed E-state index contributed by atoms with van der Waals surface area (Å²) in [6.07, 6.45) is 1.54. The highest BCUT2D eigenvalue weighted by atomic mass is 79.9. The highest BCUT2D eigenvalue weighted by molar-refractivity contribution is 9.10. The number of nitrogens with one attached hydrogen (secondary N) is 2. The van der Waals surface area contributed by atoms with Crippen LogP contribution in [0.4, 0.5) is 5.69 Å². The van der Waals surface area contributed by atoms with Gasteiger partial charge in [-0.2, -0.15) is 0 Å². The maximum atomic E-state index is 12.3. The molecule has 2 aromatic rings. The summed E-state index contributed by atoms with van der Waals surface area (Å²) in [5.74, 6) is -1.000. The zero-order chi connectivity index (χ0) is 18.4. The lowest BCUT2D eigenvalue weighted by Gasteiger charge is -2.09. The van der Waals surface area contributed by atoms with Crippen LogP contribution in [0.25, 0.3) is 6.08 Å². The van der Waals surface area contributed by atoms with Gasteiger partial charge in [0.25, 0.3) is 17.5 Å². The van der Waals surface area contributed by atoms with Gasteiger partial charge in [-0.15, -0.1) is 0 Å². The number of rotatable bonds is 5. The van der Waals surface area contributed by atoms with Gasteiger partial charge in [0.2, 0.25) is 0 Å². The molecule has 7 nitrogen and oxygen atoms in total. The predicted octanol–water partition coefficient (Wildman–Crippen LogP) is 2.87. The molecule has 0 aliphatic heterocycles. The summed E-state index contributed by atoms with van der Waals surface area (Å²) in [4.78, 5) is 34.4. The van der Waals surface area contributed by atoms with Gasteiger partial charge in [-0.25, -0.2) is 0 Å². The number of amides is 2. The molecule has 2 amide bonds. The average molecular weight is 404 g/mol. The van der Waals surface area contributed by atoms with E-state index < -0.39 is 16.7 Å². The molecule has 2 aromatic carbocycles. The highest BCUT2D eigenvalue weighted by Gasteiger charge is 2.14. The van der Waals surface area contributed by atoms with E-state index in [0.29, 0.717) is 0 Å². The maximum Gasteiger partial charge on any atom is 0.269 e. The van der Waals surface area contributed by atoms with Crippen LogP contribution in [0.2, 0.25) is 0 Å². The molecule has 0 unspecified atom stereocenters. The van der Waals surface area contributed by atoms with Crippen LogP contribution in [0.3, 0.4) is 0 Å². The molecule has 0 aromatic heterocycles. The molecule has 0 bridgehead atoms. The smallest absolute Gasteiger partial charge is 0.269 e. The normalized spacial score (nSPS) is 10.9. The molecule has 2 N–H and O–H groups in total. The van der Waals surface area contributed by atoms with Crippen molar-refractivity contribution >= 4 is 39.5 Å². The van der Waals surface area contributed by atoms with Crippen molar-refractivity contribution in [3.8, 4) is 0 Å². The fourth-order valence-electron chi connectivity index (χ4n) is 1.95. The Morgan fingerprint density at radius 2 is 1.68 bits per heavy atom. The number of carbonyl (C=O) groups excluding carboxylic acids is 2. The molecule has 25 heavy (non-hydrogen) atoms. The number of nitrogens with zero attached hydrogens (tertiary/aromatic N) is 1. The Kier molecular flexibility index (Phi) is 6.02. The van der Waals surface area contributed by atoms with Crippen molar-refractivity contribution in [3.63, 3.8) is 0 Å². The molecule has 8 heteroatoms. The van der Waals surface area contributed by atoms with Crippen LogP contribution in [-0.4, -0.2) is 23.8 Å². The van der Waals surface area contributed by atoms with E-state index >= 15 is 0 Å². The summed E-state index contributed by atoms with van der Waals surface area (Å²) >= 11 is 3.32. The average Bonchev–Trinajstić information content (AvgIpc) is 2.62. The third-order valence-corrected chi connectivity index (χ3v) is 3.77. The van der Waals surface area contributed by atoms with Crippen molar-refractivity contribution < 1.29 is 14.5 Å². The van der Waals surface area contributed by atoms with Crippen molar-refractivity contribution in [2.75, 3.05) is 7.05 Å². The first-order valence-corrected chi connectivity index (χ1v) is 7.95. The Bertz CT molecular complexity index is 830. The standard InChI is InChI=1S/C17H14BrN3O4/c1-19-17(23)15(10-11-2-6-13(18)7-3-11)20-16(22)12-4-8-14(9-5-12)21(24)25/h2-10H,1H3,(H,19,23)(H,20,22). The fraction of sp³-hybridized carbons (Fsp3) is 0.0588. The van der Waals surface area contributed by atoms with Crippen molar-refractivity contribution in [1.29, 1.82) is 0 Å². The van der Waals surface area contributed by atoms with E-state index in [1.54, 1.807) is 12.1 Å². The Balaban J connectivity index is 2.24. The van der Waals surface area contributed by atoms with Gasteiger partial charge in [-0.3, -0.25) is 19.7 Å². The first kappa shape index (κ1) is 18.3. The number of halogens is 1. The second kappa shape index (κ2) is 8.20. The quantitative estimate of drug-likeness (QED) is 0.455. The van der Waals surface area contributed by atoms with Gasteiger partial charge in [-0.1, -0.05) is 28.1 Å². The largest absolute Gasteiger partial charge is 0.354 e. The van der Waals surface area contributed by atoms with Crippen LogP contribution >= 0.6 is 15.9 Å². The molecule has 0 heterocycles. The minimum Gasteiger partial charge on any atom is -0.354 e. The highest BCUT2D eigenvalue weighted by Crippen LogP contribution is 2.14. The summed E-state index contributed by atoms with van der Waals surface area (Å²) in [5.41, 5.74) is 0.878. The summed E-state index contributed by atoms with van der Waals surface area (Å²) in [5, 5.41) is 15.6. The molecule has 0 aliphatic rings. The summed E-state index contributed by atoms with van der Waals surface area (Å²) in [6, 6.07) is 12.3. The second-order valence-electron chi connectivity index (χ2n) is 4.95. The van der Waals surface area contributed by atoms with E-state index in [-0.39, 0.29) is 16.9 Å². The van der Waals surface area contributed by atoms with Crippen molar-refractivity contribution in [2.24, 2.45) is 0 Å². The molecular weight excluding hydrogens is 390 g/mol. The van der Waals surface area contributed by atoms with Crippen molar-refractivity contribution in [1.82, 2.24) is 10.6 Å². The van der Waals surface area contributed by atoms with E-state index in [1.165, 1.54) is 37.4 Å². The molecule has 0 radical (unpaired) electrons. The van der Waals surface area contributed by atoms with Crippen LogP contribution in [-0.2, 0) is 4.79 Å². The molecule has 0 atom stereocenters. The molecule has 0 aliphatic carbocycles. The lowest BCUT2D eigenvalue weighted by atomic mass is 10.1. The number of hydrogen-bond acceptors (Lipinski definition) is 4. The van der Waals surface area contributed by atoms with Gasteiger partial charge in [0, 0.05) is 29.2 Å². The zero-order valence-corrected chi connectivity index (χ0v) is 14.7. The number of nitro benzene ring substituents is 1.